The summed E-state index contributed by atoms with van der Waals surface area (Å²) < 4.78 is 22.2. The molecule has 1 aliphatic rings. The predicted molar refractivity (Wildman–Crippen MR) is 111 cm³/mol. The Hall–Kier alpha value is -2.89. The van der Waals surface area contributed by atoms with E-state index in [2.05, 4.69) is 5.32 Å². The Balaban J connectivity index is 1.52. The molecule has 0 spiro atoms. The molecule has 1 amide bonds. The molecule has 0 aliphatic carbocycles. The number of ether oxygens (including phenoxy) is 4. The van der Waals surface area contributed by atoms with Crippen LogP contribution in [-0.4, -0.2) is 32.3 Å². The maximum absolute atomic E-state index is 12.5. The number of nitrogens with one attached hydrogen (secondary N) is 1. The number of amides is 1. The largest absolute Gasteiger partial charge is 0.497 e. The lowest BCUT2D eigenvalue weighted by Crippen LogP contribution is -2.41. The van der Waals surface area contributed by atoms with E-state index < -0.39 is 0 Å². The first-order chi connectivity index (χ1) is 13.9. The minimum Gasteiger partial charge on any atom is -0.497 e. The molecule has 0 radical (unpaired) electrons. The van der Waals surface area contributed by atoms with Crippen LogP contribution in [-0.2, 0) is 4.79 Å². The summed E-state index contributed by atoms with van der Waals surface area (Å²) in [5, 5.41) is 3.15. The monoisotopic (exact) mass is 399 g/mol. The smallest absolute Gasteiger partial charge is 0.220 e. The molecule has 2 aromatic carbocycles. The van der Waals surface area contributed by atoms with Crippen LogP contribution in [0.5, 0.6) is 23.0 Å². The molecular formula is C23H29NO5. The third-order valence-corrected chi connectivity index (χ3v) is 4.89. The molecule has 0 saturated heterocycles. The molecule has 1 aliphatic heterocycles. The number of carbonyl (C=O) groups is 1. The molecule has 29 heavy (non-hydrogen) atoms. The van der Waals surface area contributed by atoms with Gasteiger partial charge in [-0.3, -0.25) is 4.79 Å². The van der Waals surface area contributed by atoms with Crippen molar-refractivity contribution in [2.75, 3.05) is 20.8 Å². The van der Waals surface area contributed by atoms with Crippen molar-refractivity contribution in [1.82, 2.24) is 5.32 Å². The lowest BCUT2D eigenvalue weighted by atomic mass is 9.89. The SMILES string of the molecule is COc1ccc(OCCCC(=O)N[C@H]2CC(C)(C)Oc3cc(OC)ccc32)cc1. The van der Waals surface area contributed by atoms with Gasteiger partial charge in [-0.2, -0.15) is 0 Å². The molecule has 0 aromatic heterocycles. The lowest BCUT2D eigenvalue weighted by Gasteiger charge is -2.38. The number of benzene rings is 2. The quantitative estimate of drug-likeness (QED) is 0.671. The first kappa shape index (κ1) is 20.8. The highest BCUT2D eigenvalue weighted by atomic mass is 16.5. The highest BCUT2D eigenvalue weighted by Gasteiger charge is 2.34. The number of methoxy groups -OCH3 is 2. The average Bonchev–Trinajstić information content (AvgIpc) is 2.70. The fraction of sp³-hybridized carbons (Fsp3) is 0.435. The summed E-state index contributed by atoms with van der Waals surface area (Å²) in [5.41, 5.74) is 0.613. The Labute approximate surface area is 172 Å². The van der Waals surface area contributed by atoms with E-state index in [1.165, 1.54) is 0 Å². The second-order valence-electron chi connectivity index (χ2n) is 7.72. The van der Waals surface area contributed by atoms with E-state index in [0.717, 1.165) is 28.6 Å². The van der Waals surface area contributed by atoms with Crippen LogP contribution in [0.4, 0.5) is 0 Å². The summed E-state index contributed by atoms with van der Waals surface area (Å²) in [6.45, 7) is 4.53. The number of carbonyl (C=O) groups excluding carboxylic acids is 1. The Morgan fingerprint density at radius 1 is 1.07 bits per heavy atom. The van der Waals surface area contributed by atoms with E-state index >= 15 is 0 Å². The van der Waals surface area contributed by atoms with Gasteiger partial charge in [0.15, 0.2) is 0 Å². The van der Waals surface area contributed by atoms with Crippen LogP contribution in [0.25, 0.3) is 0 Å². The van der Waals surface area contributed by atoms with Gasteiger partial charge in [0.2, 0.25) is 5.91 Å². The normalized spacial score (nSPS) is 16.9. The average molecular weight is 399 g/mol. The number of hydrogen-bond donors (Lipinski definition) is 1. The third kappa shape index (κ3) is 5.56. The molecule has 156 valence electrons. The summed E-state index contributed by atoms with van der Waals surface area (Å²) in [4.78, 5) is 12.5. The molecule has 0 saturated carbocycles. The van der Waals surface area contributed by atoms with Gasteiger partial charge in [0.1, 0.15) is 28.6 Å². The van der Waals surface area contributed by atoms with Crippen molar-refractivity contribution in [3.63, 3.8) is 0 Å². The second kappa shape index (κ2) is 9.07. The second-order valence-corrected chi connectivity index (χ2v) is 7.72. The van der Waals surface area contributed by atoms with Crippen LogP contribution in [0.2, 0.25) is 0 Å². The van der Waals surface area contributed by atoms with E-state index in [0.29, 0.717) is 25.9 Å². The molecular weight excluding hydrogens is 370 g/mol. The van der Waals surface area contributed by atoms with E-state index in [1.807, 2.05) is 56.3 Å². The van der Waals surface area contributed by atoms with Gasteiger partial charge in [-0.05, 0) is 56.7 Å². The minimum atomic E-state index is -0.366. The van der Waals surface area contributed by atoms with Crippen molar-refractivity contribution in [2.24, 2.45) is 0 Å². The molecule has 0 fully saturated rings. The van der Waals surface area contributed by atoms with E-state index in [-0.39, 0.29) is 17.6 Å². The lowest BCUT2D eigenvalue weighted by molar-refractivity contribution is -0.122. The number of hydrogen-bond acceptors (Lipinski definition) is 5. The van der Waals surface area contributed by atoms with Crippen molar-refractivity contribution < 1.29 is 23.7 Å². The third-order valence-electron chi connectivity index (χ3n) is 4.89. The fourth-order valence-electron chi connectivity index (χ4n) is 3.45. The van der Waals surface area contributed by atoms with Crippen molar-refractivity contribution in [3.8, 4) is 23.0 Å². The zero-order chi connectivity index (χ0) is 20.9. The van der Waals surface area contributed by atoms with Crippen molar-refractivity contribution in [1.29, 1.82) is 0 Å². The van der Waals surface area contributed by atoms with Gasteiger partial charge in [-0.25, -0.2) is 0 Å². The van der Waals surface area contributed by atoms with Crippen molar-refractivity contribution in [3.05, 3.63) is 48.0 Å². The number of fused-ring (bicyclic) bond motifs is 1. The minimum absolute atomic E-state index is 0.00722. The van der Waals surface area contributed by atoms with Crippen molar-refractivity contribution >= 4 is 5.91 Å². The van der Waals surface area contributed by atoms with Gasteiger partial charge in [-0.15, -0.1) is 0 Å². The highest BCUT2D eigenvalue weighted by molar-refractivity contribution is 5.76. The maximum Gasteiger partial charge on any atom is 0.220 e. The van der Waals surface area contributed by atoms with E-state index in [9.17, 15) is 4.79 Å². The van der Waals surface area contributed by atoms with Gasteiger partial charge in [0.25, 0.3) is 0 Å². The molecule has 1 atom stereocenters. The predicted octanol–water partition coefficient (Wildman–Crippen LogP) is 4.28. The van der Waals surface area contributed by atoms with E-state index in [4.69, 9.17) is 18.9 Å². The zero-order valence-electron chi connectivity index (χ0n) is 17.5. The van der Waals surface area contributed by atoms with Crippen LogP contribution in [0, 0.1) is 0 Å². The van der Waals surface area contributed by atoms with Crippen LogP contribution in [0.15, 0.2) is 42.5 Å². The topological polar surface area (TPSA) is 66.0 Å². The first-order valence-electron chi connectivity index (χ1n) is 9.83. The fourth-order valence-corrected chi connectivity index (χ4v) is 3.45. The Bertz CT molecular complexity index is 832. The van der Waals surface area contributed by atoms with Gasteiger partial charge in [0, 0.05) is 24.5 Å². The first-order valence-corrected chi connectivity index (χ1v) is 9.83. The molecule has 1 heterocycles. The molecule has 2 aromatic rings. The van der Waals surface area contributed by atoms with Gasteiger partial charge in [-0.1, -0.05) is 0 Å². The molecule has 6 nitrogen and oxygen atoms in total. The van der Waals surface area contributed by atoms with Crippen molar-refractivity contribution in [2.45, 2.75) is 44.8 Å². The summed E-state index contributed by atoms with van der Waals surface area (Å²) in [7, 11) is 3.26. The van der Waals surface area contributed by atoms with Gasteiger partial charge >= 0.3 is 0 Å². The maximum atomic E-state index is 12.5. The molecule has 0 unspecified atom stereocenters. The molecule has 1 N–H and O–H groups in total. The van der Waals surface area contributed by atoms with Gasteiger partial charge < -0.3 is 24.3 Å². The van der Waals surface area contributed by atoms with E-state index in [1.54, 1.807) is 14.2 Å². The standard InChI is InChI=1S/C23H29NO5/c1-23(2)15-20(19-12-11-18(27-4)14-21(19)29-23)24-22(25)6-5-13-28-17-9-7-16(26-3)8-10-17/h7-12,14,20H,5-6,13,15H2,1-4H3,(H,24,25)/t20-/m0/s1. The Morgan fingerprint density at radius 2 is 1.72 bits per heavy atom. The van der Waals surface area contributed by atoms with Crippen LogP contribution in [0.3, 0.4) is 0 Å². The zero-order valence-corrected chi connectivity index (χ0v) is 17.5. The summed E-state index contributed by atoms with van der Waals surface area (Å²) in [6, 6.07) is 13.0. The number of rotatable bonds is 8. The summed E-state index contributed by atoms with van der Waals surface area (Å²) in [5.74, 6) is 3.05. The van der Waals surface area contributed by atoms with Gasteiger partial charge in [0.05, 0.1) is 26.9 Å². The summed E-state index contributed by atoms with van der Waals surface area (Å²) in [6.07, 6.45) is 1.75. The Kier molecular flexibility index (Phi) is 6.52. The Morgan fingerprint density at radius 3 is 2.41 bits per heavy atom. The van der Waals surface area contributed by atoms with Crippen LogP contribution in [0.1, 0.15) is 44.7 Å². The molecule has 3 rings (SSSR count). The molecule has 6 heteroatoms. The highest BCUT2D eigenvalue weighted by Crippen LogP contribution is 2.41. The summed E-state index contributed by atoms with van der Waals surface area (Å²) >= 11 is 0. The van der Waals surface area contributed by atoms with Crippen LogP contribution < -0.4 is 24.3 Å². The molecule has 0 bridgehead atoms. The van der Waals surface area contributed by atoms with Crippen LogP contribution >= 0.6 is 0 Å².